The average molecular weight is 420 g/mol. The SMILES string of the molecule is CC1=NCc2ncc(Oc3c(Cl)cc(NC(=O)c4noc(=O)[nH]4)cc3Cl)cc21. The number of H-pyrrole nitrogens is 1. The normalized spacial score (nSPS) is 12.5. The topological polar surface area (TPSA) is 122 Å². The zero-order valence-corrected chi connectivity index (χ0v) is 15.8. The molecule has 1 aliphatic heterocycles. The first kappa shape index (κ1) is 18.2. The smallest absolute Gasteiger partial charge is 0.439 e. The molecule has 0 bridgehead atoms. The van der Waals surface area contributed by atoms with Gasteiger partial charge in [0, 0.05) is 17.0 Å². The lowest BCUT2D eigenvalue weighted by Crippen LogP contribution is -2.14. The van der Waals surface area contributed by atoms with Crippen LogP contribution in [0.4, 0.5) is 5.69 Å². The molecule has 0 fully saturated rings. The van der Waals surface area contributed by atoms with Gasteiger partial charge in [-0.2, -0.15) is 0 Å². The summed E-state index contributed by atoms with van der Waals surface area (Å²) in [6, 6.07) is 4.72. The molecule has 1 amide bonds. The first-order valence-electron chi connectivity index (χ1n) is 7.95. The lowest BCUT2D eigenvalue weighted by molar-refractivity contribution is 0.101. The second kappa shape index (κ2) is 7.10. The number of carbonyl (C=O) groups excluding carboxylic acids is 1. The molecule has 0 radical (unpaired) electrons. The number of aromatic nitrogens is 3. The zero-order valence-electron chi connectivity index (χ0n) is 14.2. The Bertz CT molecular complexity index is 1160. The molecule has 0 saturated heterocycles. The van der Waals surface area contributed by atoms with Gasteiger partial charge in [0.15, 0.2) is 5.75 Å². The van der Waals surface area contributed by atoms with Crippen molar-refractivity contribution in [2.75, 3.05) is 5.32 Å². The van der Waals surface area contributed by atoms with Gasteiger partial charge in [0.25, 0.3) is 5.91 Å². The van der Waals surface area contributed by atoms with Crippen LogP contribution >= 0.6 is 23.2 Å². The van der Waals surface area contributed by atoms with E-state index in [1.54, 1.807) is 6.20 Å². The van der Waals surface area contributed by atoms with Crippen molar-refractivity contribution < 1.29 is 14.1 Å². The molecule has 1 aliphatic rings. The van der Waals surface area contributed by atoms with Gasteiger partial charge in [-0.15, -0.1) is 0 Å². The van der Waals surface area contributed by atoms with E-state index in [0.29, 0.717) is 12.3 Å². The van der Waals surface area contributed by atoms with Crippen molar-refractivity contribution in [3.8, 4) is 11.5 Å². The third-order valence-electron chi connectivity index (χ3n) is 3.93. The molecule has 9 nitrogen and oxygen atoms in total. The number of hydrogen-bond donors (Lipinski definition) is 2. The monoisotopic (exact) mass is 419 g/mol. The molecule has 0 aliphatic carbocycles. The number of nitrogens with zero attached hydrogens (tertiary/aromatic N) is 3. The molecule has 142 valence electrons. The van der Waals surface area contributed by atoms with Gasteiger partial charge in [-0.3, -0.25) is 24.3 Å². The minimum Gasteiger partial charge on any atom is -0.453 e. The Morgan fingerprint density at radius 1 is 1.29 bits per heavy atom. The maximum absolute atomic E-state index is 12.0. The van der Waals surface area contributed by atoms with Crippen LogP contribution in [0.5, 0.6) is 11.5 Å². The van der Waals surface area contributed by atoms with E-state index in [2.05, 4.69) is 30.0 Å². The molecule has 28 heavy (non-hydrogen) atoms. The number of aromatic amines is 1. The fourth-order valence-electron chi connectivity index (χ4n) is 2.61. The van der Waals surface area contributed by atoms with E-state index >= 15 is 0 Å². The van der Waals surface area contributed by atoms with Crippen molar-refractivity contribution in [3.63, 3.8) is 0 Å². The standard InChI is InChI=1S/C17H11Cl2N5O4/c1-7-10-4-9(5-21-13(10)6-20-7)27-14-11(18)2-8(3-12(14)19)22-16(25)15-23-17(26)28-24-15/h2-5H,6H2,1H3,(H,22,25)(H,23,24,26). The molecule has 4 rings (SSSR count). The number of rotatable bonds is 4. The Morgan fingerprint density at radius 3 is 2.71 bits per heavy atom. The van der Waals surface area contributed by atoms with Gasteiger partial charge in [-0.25, -0.2) is 4.79 Å². The molecule has 0 spiro atoms. The van der Waals surface area contributed by atoms with Crippen LogP contribution in [0.3, 0.4) is 0 Å². The number of amides is 1. The van der Waals surface area contributed by atoms with E-state index in [1.807, 2.05) is 13.0 Å². The number of carbonyl (C=O) groups is 1. The highest BCUT2D eigenvalue weighted by molar-refractivity contribution is 6.37. The van der Waals surface area contributed by atoms with Crippen LogP contribution in [0.25, 0.3) is 0 Å². The summed E-state index contributed by atoms with van der Waals surface area (Å²) < 4.78 is 10.1. The molecule has 11 heteroatoms. The van der Waals surface area contributed by atoms with E-state index in [9.17, 15) is 9.59 Å². The molecule has 1 aromatic carbocycles. The van der Waals surface area contributed by atoms with Crippen LogP contribution in [-0.4, -0.2) is 26.7 Å². The number of nitrogens with one attached hydrogen (secondary N) is 2. The van der Waals surface area contributed by atoms with E-state index in [-0.39, 0.29) is 27.3 Å². The predicted octanol–water partition coefficient (Wildman–Crippen LogP) is 3.43. The van der Waals surface area contributed by atoms with Crippen molar-refractivity contribution >= 4 is 40.5 Å². The number of benzene rings is 1. The summed E-state index contributed by atoms with van der Waals surface area (Å²) in [7, 11) is 0. The van der Waals surface area contributed by atoms with Crippen LogP contribution < -0.4 is 15.8 Å². The molecular weight excluding hydrogens is 409 g/mol. The van der Waals surface area contributed by atoms with Crippen molar-refractivity contribution in [1.82, 2.24) is 15.1 Å². The van der Waals surface area contributed by atoms with Gasteiger partial charge < -0.3 is 10.1 Å². The molecule has 3 aromatic rings. The highest BCUT2D eigenvalue weighted by Crippen LogP contribution is 2.39. The Kier molecular flexibility index (Phi) is 4.62. The van der Waals surface area contributed by atoms with Gasteiger partial charge >= 0.3 is 5.76 Å². The first-order valence-corrected chi connectivity index (χ1v) is 8.71. The molecule has 3 heterocycles. The highest BCUT2D eigenvalue weighted by atomic mass is 35.5. The third-order valence-corrected chi connectivity index (χ3v) is 4.49. The zero-order chi connectivity index (χ0) is 19.8. The molecule has 2 N–H and O–H groups in total. The van der Waals surface area contributed by atoms with Crippen molar-refractivity contribution in [2.24, 2.45) is 4.99 Å². The number of anilines is 1. The number of fused-ring (bicyclic) bond motifs is 1. The number of aliphatic imine (C=N–C) groups is 1. The van der Waals surface area contributed by atoms with Gasteiger partial charge in [0.2, 0.25) is 5.82 Å². The maximum atomic E-state index is 12.0. The van der Waals surface area contributed by atoms with Crippen LogP contribution in [0.15, 0.2) is 38.7 Å². The van der Waals surface area contributed by atoms with Gasteiger partial charge in [0.1, 0.15) is 5.75 Å². The molecule has 2 aromatic heterocycles. The Hall–Kier alpha value is -3.17. The summed E-state index contributed by atoms with van der Waals surface area (Å²) >= 11 is 12.5. The summed E-state index contributed by atoms with van der Waals surface area (Å²) in [6.07, 6.45) is 1.57. The van der Waals surface area contributed by atoms with Crippen molar-refractivity contribution in [2.45, 2.75) is 13.5 Å². The minimum absolute atomic E-state index is 0.169. The molecule has 0 unspecified atom stereocenters. The second-order valence-corrected chi connectivity index (χ2v) is 6.65. The second-order valence-electron chi connectivity index (χ2n) is 5.84. The number of ether oxygens (including phenoxy) is 1. The predicted molar refractivity (Wildman–Crippen MR) is 102 cm³/mol. The Morgan fingerprint density at radius 2 is 2.04 bits per heavy atom. The quantitative estimate of drug-likeness (QED) is 0.667. The fourth-order valence-corrected chi connectivity index (χ4v) is 3.18. The summed E-state index contributed by atoms with van der Waals surface area (Å²) in [4.78, 5) is 33.7. The van der Waals surface area contributed by atoms with E-state index in [1.165, 1.54) is 12.1 Å². The summed E-state index contributed by atoms with van der Waals surface area (Å²) in [6.45, 7) is 2.45. The van der Waals surface area contributed by atoms with Gasteiger partial charge in [0.05, 0.1) is 28.5 Å². The summed E-state index contributed by atoms with van der Waals surface area (Å²) in [5, 5.41) is 6.14. The summed E-state index contributed by atoms with van der Waals surface area (Å²) in [5.74, 6) is -1.14. The van der Waals surface area contributed by atoms with Crippen LogP contribution in [0, 0.1) is 0 Å². The number of hydrogen-bond acceptors (Lipinski definition) is 7. The lowest BCUT2D eigenvalue weighted by atomic mass is 10.1. The van der Waals surface area contributed by atoms with Gasteiger partial charge in [-0.05, 0) is 30.3 Å². The van der Waals surface area contributed by atoms with Crippen molar-refractivity contribution in [1.29, 1.82) is 0 Å². The molecule has 0 atom stereocenters. The summed E-state index contributed by atoms with van der Waals surface area (Å²) in [5.41, 5.74) is 2.96. The van der Waals surface area contributed by atoms with Gasteiger partial charge in [-0.1, -0.05) is 23.2 Å². The van der Waals surface area contributed by atoms with E-state index in [0.717, 1.165) is 17.0 Å². The Balaban J connectivity index is 1.56. The highest BCUT2D eigenvalue weighted by Gasteiger charge is 2.18. The number of halogens is 2. The fraction of sp³-hybridized carbons (Fsp3) is 0.118. The first-order chi connectivity index (χ1) is 13.4. The molecular formula is C17H11Cl2N5O4. The van der Waals surface area contributed by atoms with Crippen molar-refractivity contribution in [3.05, 3.63) is 62.1 Å². The van der Waals surface area contributed by atoms with Crippen LogP contribution in [-0.2, 0) is 6.54 Å². The van der Waals surface area contributed by atoms with Crippen LogP contribution in [0.2, 0.25) is 10.0 Å². The minimum atomic E-state index is -0.840. The largest absolute Gasteiger partial charge is 0.453 e. The lowest BCUT2D eigenvalue weighted by Gasteiger charge is -2.12. The Labute approximate surface area is 167 Å². The number of pyridine rings is 1. The maximum Gasteiger partial charge on any atom is 0.439 e. The average Bonchev–Trinajstić information content (AvgIpc) is 3.24. The third kappa shape index (κ3) is 3.49. The van der Waals surface area contributed by atoms with Crippen LogP contribution in [0.1, 0.15) is 28.8 Å². The molecule has 0 saturated carbocycles. The van der Waals surface area contributed by atoms with E-state index in [4.69, 9.17) is 27.9 Å². The van der Waals surface area contributed by atoms with E-state index < -0.39 is 11.7 Å².